The van der Waals surface area contributed by atoms with E-state index >= 15 is 0 Å². The van der Waals surface area contributed by atoms with Gasteiger partial charge in [-0.3, -0.25) is 15.2 Å². The number of non-ortho nitro benzene ring substituents is 1. The highest BCUT2D eigenvalue weighted by atomic mass is 16.6. The van der Waals surface area contributed by atoms with Crippen LogP contribution in [-0.4, -0.2) is 20.3 Å². The summed E-state index contributed by atoms with van der Waals surface area (Å²) in [5.74, 6) is 0.615. The largest absolute Gasteiger partial charge is 0.270 e. The first-order chi connectivity index (χ1) is 6.27. The predicted molar refractivity (Wildman–Crippen MR) is 45.0 cm³/mol. The fourth-order valence-electron chi connectivity index (χ4n) is 1.02. The van der Waals surface area contributed by atoms with Gasteiger partial charge in [0.05, 0.1) is 4.92 Å². The van der Waals surface area contributed by atoms with Gasteiger partial charge in [0.15, 0.2) is 5.82 Å². The Morgan fingerprint density at radius 1 is 1.46 bits per heavy atom. The zero-order valence-corrected chi connectivity index (χ0v) is 6.52. The fraction of sp³-hybridized carbons (Fsp3) is 0. The first kappa shape index (κ1) is 7.53. The van der Waals surface area contributed by atoms with Gasteiger partial charge in [-0.2, -0.15) is 0 Å². The maximum atomic E-state index is 10.4. The third kappa shape index (κ3) is 1.28. The van der Waals surface area contributed by atoms with E-state index in [-0.39, 0.29) is 5.69 Å². The minimum Gasteiger partial charge on any atom is -0.266 e. The van der Waals surface area contributed by atoms with Crippen LogP contribution in [0.2, 0.25) is 0 Å². The number of nitrogens with one attached hydrogen (secondary N) is 2. The molecule has 0 aliphatic rings. The van der Waals surface area contributed by atoms with Crippen molar-refractivity contribution in [3.8, 4) is 11.4 Å². The maximum Gasteiger partial charge on any atom is 0.270 e. The van der Waals surface area contributed by atoms with Gasteiger partial charge in [0.1, 0.15) is 0 Å². The van der Waals surface area contributed by atoms with Crippen LogP contribution in [0.15, 0.2) is 24.3 Å². The van der Waals surface area contributed by atoms with E-state index in [9.17, 15) is 10.1 Å². The minimum absolute atomic E-state index is 0.0638. The van der Waals surface area contributed by atoms with Crippen molar-refractivity contribution in [2.24, 2.45) is 0 Å². The van der Waals surface area contributed by atoms with Crippen LogP contribution < -0.4 is 0 Å². The van der Waals surface area contributed by atoms with Crippen LogP contribution in [0.5, 0.6) is 0 Å². The zero-order chi connectivity index (χ0) is 9.26. The van der Waals surface area contributed by atoms with Crippen molar-refractivity contribution in [2.45, 2.75) is 0 Å². The van der Waals surface area contributed by atoms with Crippen molar-refractivity contribution in [3.05, 3.63) is 34.4 Å². The number of nitrogens with zero attached hydrogens (tertiary/aromatic N) is 2. The molecule has 2 N–H and O–H groups in total. The number of rotatable bonds is 2. The van der Waals surface area contributed by atoms with Crippen molar-refractivity contribution in [1.29, 1.82) is 0 Å². The second-order valence-electron chi connectivity index (χ2n) is 2.50. The van der Waals surface area contributed by atoms with Gasteiger partial charge in [-0.05, 0) is 0 Å². The molecule has 0 saturated heterocycles. The highest BCUT2D eigenvalue weighted by Gasteiger charge is 2.08. The summed E-state index contributed by atoms with van der Waals surface area (Å²) in [5, 5.41) is 19.4. The van der Waals surface area contributed by atoms with E-state index in [1.807, 2.05) is 0 Å². The molecule has 0 radical (unpaired) electrons. The van der Waals surface area contributed by atoms with E-state index in [1.165, 1.54) is 12.1 Å². The van der Waals surface area contributed by atoms with Crippen LogP contribution in [0.1, 0.15) is 0 Å². The zero-order valence-electron chi connectivity index (χ0n) is 6.52. The Labute approximate surface area is 72.7 Å². The Bertz CT molecular complexity index is 422. The number of nitro groups is 1. The molecule has 6 heteroatoms. The van der Waals surface area contributed by atoms with Crippen molar-refractivity contribution in [3.63, 3.8) is 0 Å². The van der Waals surface area contributed by atoms with Crippen molar-refractivity contribution in [2.75, 3.05) is 0 Å². The number of hydrogen-bond donors (Lipinski definition) is 2. The lowest BCUT2D eigenvalue weighted by Crippen LogP contribution is -1.99. The van der Waals surface area contributed by atoms with Crippen molar-refractivity contribution < 1.29 is 4.92 Å². The molecule has 2 rings (SSSR count). The molecule has 0 fully saturated rings. The van der Waals surface area contributed by atoms with Crippen LogP contribution in [-0.2, 0) is 0 Å². The Balaban J connectivity index is 2.42. The summed E-state index contributed by atoms with van der Waals surface area (Å²) >= 11 is 0. The predicted octanol–water partition coefficient (Wildman–Crippen LogP) is 1.31. The smallest absolute Gasteiger partial charge is 0.266 e. The molecule has 0 spiro atoms. The SMILES string of the molecule is O=[N+]([O-])c1cccc(-c2n[nH][nH]2)c1. The molecule has 0 unspecified atom stereocenters. The lowest BCUT2D eigenvalue weighted by Gasteiger charge is -2.02. The Morgan fingerprint density at radius 3 is 2.77 bits per heavy atom. The topological polar surface area (TPSA) is 87.6 Å². The normalized spacial score (nSPS) is 10.2. The molecule has 0 bridgehead atoms. The molecule has 1 aromatic carbocycles. The Morgan fingerprint density at radius 2 is 2.23 bits per heavy atom. The summed E-state index contributed by atoms with van der Waals surface area (Å²) in [6.45, 7) is 0. The lowest BCUT2D eigenvalue weighted by atomic mass is 10.2. The van der Waals surface area contributed by atoms with Crippen LogP contribution in [0.3, 0.4) is 0 Å². The number of nitro benzene ring substituents is 1. The van der Waals surface area contributed by atoms with Crippen molar-refractivity contribution in [1.82, 2.24) is 15.4 Å². The van der Waals surface area contributed by atoms with Crippen LogP contribution in [0, 0.1) is 10.1 Å². The monoisotopic (exact) mass is 178 g/mol. The molecule has 66 valence electrons. The molecule has 13 heavy (non-hydrogen) atoms. The molecule has 2 aromatic rings. The first-order valence-corrected chi connectivity index (χ1v) is 3.61. The van der Waals surface area contributed by atoms with Gasteiger partial charge in [-0.25, -0.2) is 5.21 Å². The fourth-order valence-corrected chi connectivity index (χ4v) is 1.02. The molecule has 6 nitrogen and oxygen atoms in total. The Kier molecular flexibility index (Phi) is 1.59. The molecule has 0 aliphatic carbocycles. The first-order valence-electron chi connectivity index (χ1n) is 3.61. The molecule has 1 heterocycles. The summed E-state index contributed by atoms with van der Waals surface area (Å²) in [4.78, 5) is 9.98. The van der Waals surface area contributed by atoms with Crippen molar-refractivity contribution >= 4 is 5.69 Å². The van der Waals surface area contributed by atoms with Gasteiger partial charge < -0.3 is 0 Å². The van der Waals surface area contributed by atoms with Crippen LogP contribution >= 0.6 is 0 Å². The van der Waals surface area contributed by atoms with E-state index < -0.39 is 4.92 Å². The van der Waals surface area contributed by atoms with Gasteiger partial charge in [0.2, 0.25) is 0 Å². The number of aromatic amines is 2. The van der Waals surface area contributed by atoms with E-state index in [0.717, 1.165) is 0 Å². The van der Waals surface area contributed by atoms with E-state index in [0.29, 0.717) is 11.4 Å². The number of benzene rings is 1. The highest BCUT2D eigenvalue weighted by molar-refractivity contribution is 5.58. The van der Waals surface area contributed by atoms with E-state index in [2.05, 4.69) is 15.4 Å². The summed E-state index contributed by atoms with van der Waals surface area (Å²) in [6, 6.07) is 6.28. The molecule has 1 aromatic heterocycles. The number of aromatic nitrogens is 3. The van der Waals surface area contributed by atoms with Gasteiger partial charge in [0.25, 0.3) is 5.69 Å². The average molecular weight is 178 g/mol. The second-order valence-corrected chi connectivity index (χ2v) is 2.50. The average Bonchev–Trinajstić information content (AvgIpc) is 2.01. The molecule has 0 aliphatic heterocycles. The third-order valence-electron chi connectivity index (χ3n) is 1.67. The summed E-state index contributed by atoms with van der Waals surface area (Å²) in [7, 11) is 0. The van der Waals surface area contributed by atoms with Gasteiger partial charge in [0, 0.05) is 17.7 Å². The molecular formula is C7H6N4O2. The van der Waals surface area contributed by atoms with Crippen LogP contribution in [0.25, 0.3) is 11.4 Å². The van der Waals surface area contributed by atoms with E-state index in [1.54, 1.807) is 12.1 Å². The van der Waals surface area contributed by atoms with Gasteiger partial charge in [-0.15, -0.1) is 5.10 Å². The quantitative estimate of drug-likeness (QED) is 0.536. The molecular weight excluding hydrogens is 172 g/mol. The minimum atomic E-state index is -0.434. The molecule has 0 atom stereocenters. The Hall–Kier alpha value is -2.11. The van der Waals surface area contributed by atoms with Gasteiger partial charge >= 0.3 is 0 Å². The number of hydrogen-bond acceptors (Lipinski definition) is 3. The molecule has 0 saturated carbocycles. The second kappa shape index (κ2) is 2.74. The summed E-state index contributed by atoms with van der Waals surface area (Å²) in [5.41, 5.74) is 0.766. The summed E-state index contributed by atoms with van der Waals surface area (Å²) < 4.78 is 0. The summed E-state index contributed by atoms with van der Waals surface area (Å²) in [6.07, 6.45) is 0. The van der Waals surface area contributed by atoms with E-state index in [4.69, 9.17) is 0 Å². The highest BCUT2D eigenvalue weighted by Crippen LogP contribution is 2.19. The maximum absolute atomic E-state index is 10.4. The lowest BCUT2D eigenvalue weighted by molar-refractivity contribution is -0.384. The standard InChI is InChI=1S/C7H6N4O2/c12-11(13)6-3-1-2-5(4-6)7-8-10-9-7/h1-4,10H,(H,8,9). The van der Waals surface area contributed by atoms with Gasteiger partial charge in [-0.1, -0.05) is 12.1 Å². The number of H-pyrrole nitrogens is 2. The third-order valence-corrected chi connectivity index (χ3v) is 1.67. The molecule has 0 amide bonds. The van der Waals surface area contributed by atoms with Crippen LogP contribution in [0.4, 0.5) is 5.69 Å².